The van der Waals surface area contributed by atoms with Gasteiger partial charge in [-0.1, -0.05) is 15.9 Å². The van der Waals surface area contributed by atoms with Crippen LogP contribution in [0.15, 0.2) is 0 Å². The second-order valence-electron chi connectivity index (χ2n) is 2.96. The summed E-state index contributed by atoms with van der Waals surface area (Å²) >= 11 is 3.33. The molecule has 0 aromatic rings. The van der Waals surface area contributed by atoms with Crippen molar-refractivity contribution in [2.24, 2.45) is 11.8 Å². The molecule has 2 aliphatic rings. The molecule has 0 aromatic carbocycles. The molecule has 2 fully saturated rings. The molecular weight excluding hydrogens is 190 g/mol. The van der Waals surface area contributed by atoms with E-state index < -0.39 is 5.92 Å². The van der Waals surface area contributed by atoms with E-state index in [4.69, 9.17) is 0 Å². The summed E-state index contributed by atoms with van der Waals surface area (Å²) in [6, 6.07) is 0. The number of alkyl halides is 3. The lowest BCUT2D eigenvalue weighted by atomic mass is 10.2. The zero-order chi connectivity index (χ0) is 6.65. The molecule has 9 heavy (non-hydrogen) atoms. The van der Waals surface area contributed by atoms with Gasteiger partial charge in [-0.15, -0.1) is 0 Å². The van der Waals surface area contributed by atoms with Crippen LogP contribution in [0.25, 0.3) is 0 Å². The zero-order valence-corrected chi connectivity index (χ0v) is 6.37. The first kappa shape index (κ1) is 6.08. The van der Waals surface area contributed by atoms with Crippen molar-refractivity contribution in [3.63, 3.8) is 0 Å². The van der Waals surface area contributed by atoms with Gasteiger partial charge in [0, 0.05) is 16.7 Å². The van der Waals surface area contributed by atoms with Crippen molar-refractivity contribution in [1.82, 2.24) is 0 Å². The topological polar surface area (TPSA) is 0 Å². The minimum Gasteiger partial charge on any atom is -0.206 e. The van der Waals surface area contributed by atoms with Gasteiger partial charge in [0.15, 0.2) is 0 Å². The van der Waals surface area contributed by atoms with Crippen LogP contribution >= 0.6 is 15.9 Å². The highest BCUT2D eigenvalue weighted by atomic mass is 79.9. The summed E-state index contributed by atoms with van der Waals surface area (Å²) < 4.78 is 24.8. The van der Waals surface area contributed by atoms with E-state index in [9.17, 15) is 8.78 Å². The minimum absolute atomic E-state index is 0.276. The smallest absolute Gasteiger partial charge is 0.206 e. The van der Waals surface area contributed by atoms with E-state index in [0.717, 1.165) is 0 Å². The fraction of sp³-hybridized carbons (Fsp3) is 1.00. The van der Waals surface area contributed by atoms with Gasteiger partial charge in [-0.05, 0) is 12.8 Å². The molecule has 52 valence electrons. The molecule has 3 heteroatoms. The Morgan fingerprint density at radius 1 is 1.22 bits per heavy atom. The first-order valence-corrected chi connectivity index (χ1v) is 4.06. The van der Waals surface area contributed by atoms with Crippen LogP contribution in [0.3, 0.4) is 0 Å². The van der Waals surface area contributed by atoms with Crippen LogP contribution in [0.1, 0.15) is 12.8 Å². The quantitative estimate of drug-likeness (QED) is 0.523. The van der Waals surface area contributed by atoms with Gasteiger partial charge in [-0.2, -0.15) is 0 Å². The van der Waals surface area contributed by atoms with Crippen molar-refractivity contribution in [2.75, 3.05) is 0 Å². The number of fused-ring (bicyclic) bond motifs is 1. The van der Waals surface area contributed by atoms with Gasteiger partial charge < -0.3 is 0 Å². The average Bonchev–Trinajstić information content (AvgIpc) is 2.27. The summed E-state index contributed by atoms with van der Waals surface area (Å²) in [5.74, 6) is -2.84. The Morgan fingerprint density at radius 2 is 1.67 bits per heavy atom. The molecule has 0 nitrogen and oxygen atoms in total. The molecule has 0 saturated heterocycles. The van der Waals surface area contributed by atoms with Crippen LogP contribution in [0, 0.1) is 11.8 Å². The molecule has 0 spiro atoms. The fourth-order valence-corrected chi connectivity index (χ4v) is 2.56. The third-order valence-corrected chi connectivity index (χ3v) is 3.13. The molecule has 0 heterocycles. The Kier molecular flexibility index (Phi) is 1.01. The van der Waals surface area contributed by atoms with Crippen LogP contribution in [-0.4, -0.2) is 10.7 Å². The number of hydrogen-bond donors (Lipinski definition) is 0. The van der Waals surface area contributed by atoms with E-state index >= 15 is 0 Å². The molecule has 0 aliphatic heterocycles. The molecule has 0 N–H and O–H groups in total. The zero-order valence-electron chi connectivity index (χ0n) is 4.78. The Labute approximate surface area is 60.8 Å². The Hall–Kier alpha value is 0.340. The molecule has 0 aromatic heterocycles. The van der Waals surface area contributed by atoms with Gasteiger partial charge in [-0.25, -0.2) is 8.78 Å². The van der Waals surface area contributed by atoms with E-state index in [-0.39, 0.29) is 11.8 Å². The summed E-state index contributed by atoms with van der Waals surface area (Å²) in [5, 5.41) is 0. The van der Waals surface area contributed by atoms with E-state index in [1.165, 1.54) is 0 Å². The van der Waals surface area contributed by atoms with E-state index in [0.29, 0.717) is 17.7 Å². The lowest BCUT2D eigenvalue weighted by molar-refractivity contribution is 0.0739. The third kappa shape index (κ3) is 0.672. The van der Waals surface area contributed by atoms with Crippen LogP contribution in [0.5, 0.6) is 0 Å². The van der Waals surface area contributed by atoms with Crippen LogP contribution in [-0.2, 0) is 0 Å². The first-order valence-electron chi connectivity index (χ1n) is 3.14. The van der Waals surface area contributed by atoms with Crippen molar-refractivity contribution in [3.8, 4) is 0 Å². The molecular formula is C6H7BrF2. The largest absolute Gasteiger partial charge is 0.254 e. The Bertz CT molecular complexity index is 132. The average molecular weight is 197 g/mol. The van der Waals surface area contributed by atoms with Crippen LogP contribution in [0.4, 0.5) is 8.78 Å². The maximum Gasteiger partial charge on any atom is 0.254 e. The highest BCUT2D eigenvalue weighted by Crippen LogP contribution is 2.65. The van der Waals surface area contributed by atoms with Gasteiger partial charge in [0.1, 0.15) is 0 Å². The van der Waals surface area contributed by atoms with E-state index in [1.54, 1.807) is 0 Å². The van der Waals surface area contributed by atoms with Gasteiger partial charge in [-0.3, -0.25) is 0 Å². The second kappa shape index (κ2) is 1.49. The highest BCUT2D eigenvalue weighted by Gasteiger charge is 2.71. The number of hydrogen-bond acceptors (Lipinski definition) is 0. The molecule has 2 saturated carbocycles. The summed E-state index contributed by atoms with van der Waals surface area (Å²) in [6.07, 6.45) is 1.36. The van der Waals surface area contributed by atoms with Crippen LogP contribution in [0.2, 0.25) is 0 Å². The maximum atomic E-state index is 12.4. The predicted octanol–water partition coefficient (Wildman–Crippen LogP) is 2.43. The van der Waals surface area contributed by atoms with Gasteiger partial charge in [0.25, 0.3) is 5.92 Å². The Balaban J connectivity index is 2.06. The van der Waals surface area contributed by atoms with Gasteiger partial charge >= 0.3 is 0 Å². The standard InChI is InChI=1S/C6H7BrF2/c7-3-1-4-5(2-3)6(4,8)9/h3-5H,1-2H2. The lowest BCUT2D eigenvalue weighted by Crippen LogP contribution is -2.06. The van der Waals surface area contributed by atoms with E-state index in [2.05, 4.69) is 15.9 Å². The molecule has 2 rings (SSSR count). The second-order valence-corrected chi connectivity index (χ2v) is 4.25. The van der Waals surface area contributed by atoms with Gasteiger partial charge in [0.05, 0.1) is 0 Å². The summed E-state index contributed by atoms with van der Waals surface area (Å²) in [6.45, 7) is 0. The fourth-order valence-electron chi connectivity index (χ4n) is 1.75. The van der Waals surface area contributed by atoms with Crippen molar-refractivity contribution < 1.29 is 8.78 Å². The third-order valence-electron chi connectivity index (χ3n) is 2.38. The van der Waals surface area contributed by atoms with Crippen molar-refractivity contribution >= 4 is 15.9 Å². The monoisotopic (exact) mass is 196 g/mol. The molecule has 0 bridgehead atoms. The first-order chi connectivity index (χ1) is 4.12. The SMILES string of the molecule is FC1(F)C2CC(Br)CC21. The normalized spacial score (nSPS) is 53.0. The summed E-state index contributed by atoms with van der Waals surface area (Å²) in [4.78, 5) is 0.368. The van der Waals surface area contributed by atoms with Crippen LogP contribution < -0.4 is 0 Å². The molecule has 2 atom stereocenters. The lowest BCUT2D eigenvalue weighted by Gasteiger charge is -2.04. The molecule has 0 radical (unpaired) electrons. The predicted molar refractivity (Wildman–Crippen MR) is 33.9 cm³/mol. The number of rotatable bonds is 0. The summed E-state index contributed by atoms with van der Waals surface area (Å²) in [7, 11) is 0. The molecule has 0 amide bonds. The highest BCUT2D eigenvalue weighted by molar-refractivity contribution is 9.09. The Morgan fingerprint density at radius 3 is 2.00 bits per heavy atom. The molecule has 2 aliphatic carbocycles. The van der Waals surface area contributed by atoms with Crippen molar-refractivity contribution in [3.05, 3.63) is 0 Å². The van der Waals surface area contributed by atoms with Gasteiger partial charge in [0.2, 0.25) is 0 Å². The summed E-state index contributed by atoms with van der Waals surface area (Å²) in [5.41, 5.74) is 0. The minimum atomic E-state index is -2.29. The van der Waals surface area contributed by atoms with Crippen molar-refractivity contribution in [1.29, 1.82) is 0 Å². The van der Waals surface area contributed by atoms with E-state index in [1.807, 2.05) is 0 Å². The van der Waals surface area contributed by atoms with Crippen molar-refractivity contribution in [2.45, 2.75) is 23.6 Å². The maximum absolute atomic E-state index is 12.4. The molecule has 2 unspecified atom stereocenters. The number of halogens is 3.